The van der Waals surface area contributed by atoms with Crippen molar-refractivity contribution in [3.63, 3.8) is 0 Å². The lowest BCUT2D eigenvalue weighted by atomic mass is 9.81. The van der Waals surface area contributed by atoms with Crippen LogP contribution < -0.4 is 0 Å². The second kappa shape index (κ2) is 6.54. The molecule has 2 rings (SSSR count). The van der Waals surface area contributed by atoms with Crippen molar-refractivity contribution in [2.45, 2.75) is 38.6 Å². The summed E-state index contributed by atoms with van der Waals surface area (Å²) in [6.07, 6.45) is 3.50. The summed E-state index contributed by atoms with van der Waals surface area (Å²) in [5, 5.41) is 8.99. The van der Waals surface area contributed by atoms with E-state index < -0.39 is 16.0 Å². The number of hydrogen-bond acceptors (Lipinski definition) is 4. The van der Waals surface area contributed by atoms with Gasteiger partial charge in [0.15, 0.2) is 0 Å². The van der Waals surface area contributed by atoms with Gasteiger partial charge in [-0.25, -0.2) is 8.42 Å². The van der Waals surface area contributed by atoms with E-state index in [2.05, 4.69) is 0 Å². The number of sulfonamides is 1. The third kappa shape index (κ3) is 3.78. The number of carbonyl (C=O) groups is 2. The van der Waals surface area contributed by atoms with Crippen LogP contribution in [0, 0.1) is 11.8 Å². The molecule has 1 N–H and O–H groups in total. The van der Waals surface area contributed by atoms with E-state index in [0.29, 0.717) is 45.3 Å². The number of hydrogen-bond donors (Lipinski definition) is 1. The number of rotatable bonds is 3. The van der Waals surface area contributed by atoms with Gasteiger partial charge < -0.3 is 10.0 Å². The molecular formula is C14H24N2O5S. The van der Waals surface area contributed by atoms with Gasteiger partial charge in [-0.1, -0.05) is 0 Å². The van der Waals surface area contributed by atoms with Crippen LogP contribution in [-0.4, -0.2) is 66.5 Å². The number of amides is 1. The summed E-state index contributed by atoms with van der Waals surface area (Å²) in [5.41, 5.74) is 0. The highest BCUT2D eigenvalue weighted by Crippen LogP contribution is 2.30. The molecule has 1 aliphatic heterocycles. The minimum absolute atomic E-state index is 0.0452. The fourth-order valence-electron chi connectivity index (χ4n) is 3.48. The zero-order valence-corrected chi connectivity index (χ0v) is 13.9. The molecule has 126 valence electrons. The first-order valence-corrected chi connectivity index (χ1v) is 9.53. The molecule has 0 aromatic carbocycles. The van der Waals surface area contributed by atoms with Gasteiger partial charge in [0.1, 0.15) is 0 Å². The van der Waals surface area contributed by atoms with E-state index in [1.807, 2.05) is 6.92 Å². The molecule has 0 aromatic heterocycles. The first-order chi connectivity index (χ1) is 10.2. The van der Waals surface area contributed by atoms with Crippen molar-refractivity contribution in [1.29, 1.82) is 0 Å². The second-order valence-corrected chi connectivity index (χ2v) is 8.33. The van der Waals surface area contributed by atoms with Crippen molar-refractivity contribution in [3.05, 3.63) is 0 Å². The van der Waals surface area contributed by atoms with Crippen LogP contribution >= 0.6 is 0 Å². The number of carbonyl (C=O) groups excluding carboxylic acids is 1. The normalized spacial score (nSPS) is 31.0. The molecule has 1 heterocycles. The number of carboxylic acids is 1. The van der Waals surface area contributed by atoms with E-state index in [1.54, 1.807) is 4.90 Å². The van der Waals surface area contributed by atoms with Gasteiger partial charge in [0.05, 0.1) is 12.2 Å². The van der Waals surface area contributed by atoms with Gasteiger partial charge in [0, 0.05) is 31.6 Å². The van der Waals surface area contributed by atoms with Crippen LogP contribution in [0.3, 0.4) is 0 Å². The van der Waals surface area contributed by atoms with Gasteiger partial charge in [0.25, 0.3) is 0 Å². The molecule has 0 spiro atoms. The highest BCUT2D eigenvalue weighted by Gasteiger charge is 2.36. The molecule has 1 saturated carbocycles. The fourth-order valence-corrected chi connectivity index (χ4v) is 4.61. The Bertz CT molecular complexity index is 539. The van der Waals surface area contributed by atoms with Crippen molar-refractivity contribution in [3.8, 4) is 0 Å². The number of carboxylic acid groups (broad SMARTS) is 1. The second-order valence-electron chi connectivity index (χ2n) is 6.39. The van der Waals surface area contributed by atoms with E-state index in [4.69, 9.17) is 5.11 Å². The minimum Gasteiger partial charge on any atom is -0.481 e. The van der Waals surface area contributed by atoms with Crippen molar-refractivity contribution < 1.29 is 23.1 Å². The van der Waals surface area contributed by atoms with Crippen LogP contribution in [0.25, 0.3) is 0 Å². The van der Waals surface area contributed by atoms with Crippen molar-refractivity contribution in [1.82, 2.24) is 9.21 Å². The van der Waals surface area contributed by atoms with Crippen LogP contribution in [0.5, 0.6) is 0 Å². The maximum absolute atomic E-state index is 12.5. The van der Waals surface area contributed by atoms with Gasteiger partial charge >= 0.3 is 5.97 Å². The molecule has 8 heteroatoms. The predicted molar refractivity (Wildman–Crippen MR) is 80.7 cm³/mol. The Labute approximate surface area is 131 Å². The van der Waals surface area contributed by atoms with Crippen LogP contribution in [0.4, 0.5) is 0 Å². The summed E-state index contributed by atoms with van der Waals surface area (Å²) in [5.74, 6) is -1.18. The molecule has 2 fully saturated rings. The average molecular weight is 332 g/mol. The predicted octanol–water partition coefficient (Wildman–Crippen LogP) is 0.370. The summed E-state index contributed by atoms with van der Waals surface area (Å²) < 4.78 is 24.7. The molecule has 2 aliphatic rings. The van der Waals surface area contributed by atoms with Gasteiger partial charge in [-0.3, -0.25) is 9.59 Å². The minimum atomic E-state index is -3.24. The molecule has 0 bridgehead atoms. The van der Waals surface area contributed by atoms with E-state index in [9.17, 15) is 18.0 Å². The molecule has 1 amide bonds. The van der Waals surface area contributed by atoms with Crippen LogP contribution in [-0.2, 0) is 19.6 Å². The lowest BCUT2D eigenvalue weighted by Crippen LogP contribution is -2.56. The van der Waals surface area contributed by atoms with Gasteiger partial charge in [-0.15, -0.1) is 0 Å². The molecule has 0 unspecified atom stereocenters. The van der Waals surface area contributed by atoms with E-state index in [1.165, 1.54) is 10.6 Å². The third-order valence-electron chi connectivity index (χ3n) is 4.73. The zero-order chi connectivity index (χ0) is 16.5. The summed E-state index contributed by atoms with van der Waals surface area (Å²) >= 11 is 0. The zero-order valence-electron chi connectivity index (χ0n) is 13.1. The number of aliphatic carboxylic acids is 1. The molecule has 0 radical (unpaired) electrons. The smallest absolute Gasteiger partial charge is 0.306 e. The summed E-state index contributed by atoms with van der Waals surface area (Å²) in [7, 11) is -3.24. The number of piperazine rings is 1. The largest absolute Gasteiger partial charge is 0.481 e. The maximum Gasteiger partial charge on any atom is 0.306 e. The van der Waals surface area contributed by atoms with Gasteiger partial charge in [-0.05, 0) is 32.6 Å². The Morgan fingerprint density at radius 2 is 1.59 bits per heavy atom. The Morgan fingerprint density at radius 3 is 2.05 bits per heavy atom. The summed E-state index contributed by atoms with van der Waals surface area (Å²) in [6.45, 7) is 2.96. The highest BCUT2D eigenvalue weighted by molar-refractivity contribution is 7.88. The van der Waals surface area contributed by atoms with Crippen molar-refractivity contribution >= 4 is 21.9 Å². The van der Waals surface area contributed by atoms with Crippen molar-refractivity contribution in [2.75, 3.05) is 25.9 Å². The lowest BCUT2D eigenvalue weighted by Gasteiger charge is -2.40. The van der Waals surface area contributed by atoms with Gasteiger partial charge in [-0.2, -0.15) is 4.31 Å². The molecule has 1 saturated heterocycles. The maximum atomic E-state index is 12.5. The van der Waals surface area contributed by atoms with Crippen LogP contribution in [0.15, 0.2) is 0 Å². The Balaban J connectivity index is 1.91. The highest BCUT2D eigenvalue weighted by atomic mass is 32.2. The molecule has 7 nitrogen and oxygen atoms in total. The third-order valence-corrected chi connectivity index (χ3v) is 6.12. The summed E-state index contributed by atoms with van der Waals surface area (Å²) in [4.78, 5) is 25.2. The Morgan fingerprint density at radius 1 is 1.05 bits per heavy atom. The van der Waals surface area contributed by atoms with E-state index >= 15 is 0 Å². The SMILES string of the molecule is C[C@H]1CN(C(=O)C2CCC(C(=O)O)CC2)CCN1S(C)(=O)=O. The monoisotopic (exact) mass is 332 g/mol. The fraction of sp³-hybridized carbons (Fsp3) is 0.857. The molecular weight excluding hydrogens is 308 g/mol. The van der Waals surface area contributed by atoms with E-state index in [0.717, 1.165) is 0 Å². The Hall–Kier alpha value is -1.15. The Kier molecular flexibility index (Phi) is 5.11. The topological polar surface area (TPSA) is 95.0 Å². The molecule has 22 heavy (non-hydrogen) atoms. The van der Waals surface area contributed by atoms with Crippen molar-refractivity contribution in [2.24, 2.45) is 11.8 Å². The van der Waals surface area contributed by atoms with E-state index in [-0.39, 0.29) is 23.8 Å². The van der Waals surface area contributed by atoms with Gasteiger partial charge in [0.2, 0.25) is 15.9 Å². The first-order valence-electron chi connectivity index (χ1n) is 7.68. The number of nitrogens with zero attached hydrogens (tertiary/aromatic N) is 2. The average Bonchev–Trinajstić information content (AvgIpc) is 2.45. The standard InChI is InChI=1S/C14H24N2O5S/c1-10-9-15(7-8-16(10)22(2,20)21)13(17)11-3-5-12(6-4-11)14(18)19/h10-12H,3-9H2,1-2H3,(H,18,19)/t10-,11?,12?/m0/s1. The van der Waals surface area contributed by atoms with Crippen LogP contribution in [0.2, 0.25) is 0 Å². The van der Waals surface area contributed by atoms with Crippen LogP contribution in [0.1, 0.15) is 32.6 Å². The lowest BCUT2D eigenvalue weighted by molar-refractivity contribution is -0.146. The quantitative estimate of drug-likeness (QED) is 0.806. The molecule has 0 aromatic rings. The molecule has 1 aliphatic carbocycles. The summed E-state index contributed by atoms with van der Waals surface area (Å²) in [6, 6.07) is -0.219. The first kappa shape index (κ1) is 17.2. The molecule has 1 atom stereocenters.